The van der Waals surface area contributed by atoms with E-state index in [0.29, 0.717) is 5.71 Å². The van der Waals surface area contributed by atoms with Gasteiger partial charge in [0.25, 0.3) is 5.71 Å². The average Bonchev–Trinajstić information content (AvgIpc) is 2.77. The Kier molecular flexibility index (Phi) is 1.71. The highest BCUT2D eigenvalue weighted by molar-refractivity contribution is 5.78. The van der Waals surface area contributed by atoms with Gasteiger partial charge in [0.05, 0.1) is 11.6 Å². The predicted octanol–water partition coefficient (Wildman–Crippen LogP) is 2.28. The fourth-order valence-corrected chi connectivity index (χ4v) is 1.47. The van der Waals surface area contributed by atoms with Crippen molar-refractivity contribution in [3.8, 4) is 11.1 Å². The first-order valence-corrected chi connectivity index (χ1v) is 4.54. The number of pyridine rings is 2. The molecular weight excluding hydrogens is 190 g/mol. The van der Waals surface area contributed by atoms with E-state index >= 15 is 0 Å². The molecule has 72 valence electrons. The Bertz CT molecular complexity index is 589. The van der Waals surface area contributed by atoms with Gasteiger partial charge in [-0.1, -0.05) is 5.16 Å². The van der Waals surface area contributed by atoms with Crippen LogP contribution in [0.5, 0.6) is 0 Å². The first-order chi connectivity index (χ1) is 7.43. The number of rotatable bonds is 1. The Morgan fingerprint density at radius 1 is 1.00 bits per heavy atom. The molecule has 0 atom stereocenters. The Hall–Kier alpha value is -2.23. The van der Waals surface area contributed by atoms with Crippen LogP contribution in [0.1, 0.15) is 0 Å². The maximum absolute atomic E-state index is 4.94. The van der Waals surface area contributed by atoms with Crippen molar-refractivity contribution in [1.82, 2.24) is 15.1 Å². The van der Waals surface area contributed by atoms with Gasteiger partial charge in [-0.3, -0.25) is 4.98 Å². The third kappa shape index (κ3) is 1.36. The van der Waals surface area contributed by atoms with Crippen LogP contribution in [-0.2, 0) is 0 Å². The molecule has 3 rings (SSSR count). The van der Waals surface area contributed by atoms with Crippen LogP contribution in [0, 0.1) is 0 Å². The molecule has 0 saturated carbocycles. The summed E-state index contributed by atoms with van der Waals surface area (Å²) in [5.74, 6) is 0. The Morgan fingerprint density at radius 2 is 1.87 bits per heavy atom. The van der Waals surface area contributed by atoms with E-state index in [-0.39, 0.29) is 0 Å². The summed E-state index contributed by atoms with van der Waals surface area (Å²) in [6.45, 7) is 0. The lowest BCUT2D eigenvalue weighted by molar-refractivity contribution is 0.448. The smallest absolute Gasteiger partial charge is 0.257 e. The van der Waals surface area contributed by atoms with E-state index in [0.717, 1.165) is 16.5 Å². The molecule has 0 aliphatic carbocycles. The summed E-state index contributed by atoms with van der Waals surface area (Å²) >= 11 is 0. The van der Waals surface area contributed by atoms with Gasteiger partial charge in [0.2, 0.25) is 0 Å². The summed E-state index contributed by atoms with van der Waals surface area (Å²) < 4.78 is 4.94. The lowest BCUT2D eigenvalue weighted by atomic mass is 10.1. The lowest BCUT2D eigenvalue weighted by Gasteiger charge is -1.98. The van der Waals surface area contributed by atoms with Crippen LogP contribution < -0.4 is 0 Å². The second-order valence-electron chi connectivity index (χ2n) is 3.18. The molecule has 0 aromatic carbocycles. The minimum atomic E-state index is 0.563. The molecule has 0 bridgehead atoms. The summed E-state index contributed by atoms with van der Waals surface area (Å²) in [6, 6.07) is 5.88. The van der Waals surface area contributed by atoms with Gasteiger partial charge >= 0.3 is 0 Å². The average molecular weight is 197 g/mol. The van der Waals surface area contributed by atoms with E-state index in [1.54, 1.807) is 24.8 Å². The van der Waals surface area contributed by atoms with Crippen molar-refractivity contribution in [2.24, 2.45) is 0 Å². The standard InChI is InChI=1S/C11H7N3O/c1-3-12-4-2-8(1)9-5-10-7-14-15-11(10)13-6-9/h1-7H. The lowest BCUT2D eigenvalue weighted by Crippen LogP contribution is -1.80. The molecule has 4 nitrogen and oxygen atoms in total. The normalized spacial score (nSPS) is 10.7. The summed E-state index contributed by atoms with van der Waals surface area (Å²) in [6.07, 6.45) is 6.94. The third-order valence-electron chi connectivity index (χ3n) is 2.22. The Morgan fingerprint density at radius 3 is 2.73 bits per heavy atom. The van der Waals surface area contributed by atoms with Gasteiger partial charge in [0, 0.05) is 24.2 Å². The molecule has 0 fully saturated rings. The third-order valence-corrected chi connectivity index (χ3v) is 2.22. The molecule has 15 heavy (non-hydrogen) atoms. The number of fused-ring (bicyclic) bond motifs is 1. The van der Waals surface area contributed by atoms with Crippen LogP contribution in [0.15, 0.2) is 47.5 Å². The molecular formula is C11H7N3O. The molecule has 0 radical (unpaired) electrons. The van der Waals surface area contributed by atoms with E-state index < -0.39 is 0 Å². The minimum absolute atomic E-state index is 0.563. The van der Waals surface area contributed by atoms with Crippen LogP contribution in [0.3, 0.4) is 0 Å². The molecule has 3 aromatic rings. The van der Waals surface area contributed by atoms with Gasteiger partial charge in [-0.2, -0.15) is 0 Å². The van der Waals surface area contributed by atoms with Crippen molar-refractivity contribution >= 4 is 11.1 Å². The monoisotopic (exact) mass is 197 g/mol. The first kappa shape index (κ1) is 8.11. The van der Waals surface area contributed by atoms with Crippen molar-refractivity contribution in [3.05, 3.63) is 43.0 Å². The van der Waals surface area contributed by atoms with Gasteiger partial charge in [-0.05, 0) is 23.8 Å². The molecule has 0 saturated heterocycles. The predicted molar refractivity (Wildman–Crippen MR) is 55.0 cm³/mol. The summed E-state index contributed by atoms with van der Waals surface area (Å²) in [5, 5.41) is 4.59. The topological polar surface area (TPSA) is 51.8 Å². The molecule has 0 unspecified atom stereocenters. The zero-order valence-corrected chi connectivity index (χ0v) is 7.79. The van der Waals surface area contributed by atoms with Gasteiger partial charge in [0.15, 0.2) is 0 Å². The van der Waals surface area contributed by atoms with E-state index in [4.69, 9.17) is 4.52 Å². The van der Waals surface area contributed by atoms with Gasteiger partial charge in [-0.15, -0.1) is 0 Å². The zero-order chi connectivity index (χ0) is 10.1. The van der Waals surface area contributed by atoms with Gasteiger partial charge < -0.3 is 4.52 Å². The molecule has 0 aliphatic rings. The van der Waals surface area contributed by atoms with E-state index in [2.05, 4.69) is 15.1 Å². The number of aromatic nitrogens is 3. The maximum atomic E-state index is 4.94. The molecule has 0 aliphatic heterocycles. The molecule has 3 heterocycles. The number of hydrogen-bond donors (Lipinski definition) is 0. The largest absolute Gasteiger partial charge is 0.336 e. The van der Waals surface area contributed by atoms with Crippen molar-refractivity contribution in [2.45, 2.75) is 0 Å². The van der Waals surface area contributed by atoms with Crippen LogP contribution in [0.2, 0.25) is 0 Å². The quantitative estimate of drug-likeness (QED) is 0.600. The van der Waals surface area contributed by atoms with Crippen molar-refractivity contribution < 1.29 is 4.52 Å². The molecule has 0 amide bonds. The Balaban J connectivity index is 2.19. The van der Waals surface area contributed by atoms with Crippen molar-refractivity contribution in [3.63, 3.8) is 0 Å². The fourth-order valence-electron chi connectivity index (χ4n) is 1.47. The zero-order valence-electron chi connectivity index (χ0n) is 7.79. The van der Waals surface area contributed by atoms with Crippen LogP contribution in [0.25, 0.3) is 22.2 Å². The van der Waals surface area contributed by atoms with Gasteiger partial charge in [-0.25, -0.2) is 4.98 Å². The summed E-state index contributed by atoms with van der Waals surface area (Å²) in [5.41, 5.74) is 2.68. The Labute approximate surface area is 85.6 Å². The maximum Gasteiger partial charge on any atom is 0.257 e. The number of nitrogens with zero attached hydrogens (tertiary/aromatic N) is 3. The van der Waals surface area contributed by atoms with Crippen molar-refractivity contribution in [2.75, 3.05) is 0 Å². The van der Waals surface area contributed by atoms with E-state index in [1.165, 1.54) is 0 Å². The summed E-state index contributed by atoms with van der Waals surface area (Å²) in [7, 11) is 0. The molecule has 3 aromatic heterocycles. The first-order valence-electron chi connectivity index (χ1n) is 4.54. The van der Waals surface area contributed by atoms with E-state index in [9.17, 15) is 0 Å². The number of hydrogen-bond acceptors (Lipinski definition) is 4. The molecule has 0 spiro atoms. The highest BCUT2D eigenvalue weighted by atomic mass is 16.5. The molecule has 4 heteroatoms. The second kappa shape index (κ2) is 3.16. The van der Waals surface area contributed by atoms with Crippen LogP contribution in [0.4, 0.5) is 0 Å². The fraction of sp³-hybridized carbons (Fsp3) is 0. The van der Waals surface area contributed by atoms with Crippen LogP contribution >= 0.6 is 0 Å². The van der Waals surface area contributed by atoms with E-state index in [1.807, 2.05) is 18.2 Å². The summed E-state index contributed by atoms with van der Waals surface area (Å²) in [4.78, 5) is 8.14. The highest BCUT2D eigenvalue weighted by Gasteiger charge is 2.02. The van der Waals surface area contributed by atoms with Crippen molar-refractivity contribution in [1.29, 1.82) is 0 Å². The highest BCUT2D eigenvalue weighted by Crippen LogP contribution is 2.21. The molecule has 0 N–H and O–H groups in total. The van der Waals surface area contributed by atoms with Crippen LogP contribution in [-0.4, -0.2) is 15.1 Å². The van der Waals surface area contributed by atoms with Gasteiger partial charge in [0.1, 0.15) is 0 Å². The SMILES string of the molecule is c1cc(-c2cnc3oncc3c2)ccn1. The second-order valence-corrected chi connectivity index (χ2v) is 3.18. The minimum Gasteiger partial charge on any atom is -0.336 e.